The Morgan fingerprint density at radius 3 is 2.73 bits per heavy atom. The van der Waals surface area contributed by atoms with Crippen LogP contribution in [0.3, 0.4) is 0 Å². The molecule has 0 aliphatic heterocycles. The molecule has 2 N–H and O–H groups in total. The van der Waals surface area contributed by atoms with E-state index in [2.05, 4.69) is 52.9 Å². The lowest BCUT2D eigenvalue weighted by atomic mass is 10.1. The van der Waals surface area contributed by atoms with E-state index in [1.807, 2.05) is 6.92 Å². The first-order chi connectivity index (χ1) is 10.3. The maximum absolute atomic E-state index is 5.33. The largest absolute Gasteiger partial charge is 0.382 e. The fourth-order valence-electron chi connectivity index (χ4n) is 2.42. The Labute approximate surface area is 151 Å². The van der Waals surface area contributed by atoms with Crippen LogP contribution in [-0.2, 0) is 4.74 Å². The molecule has 2 atom stereocenters. The van der Waals surface area contributed by atoms with Crippen molar-refractivity contribution >= 4 is 29.9 Å². The summed E-state index contributed by atoms with van der Waals surface area (Å²) in [5.74, 6) is 1.55. The van der Waals surface area contributed by atoms with Gasteiger partial charge in [0, 0.05) is 38.3 Å². The SMILES string of the molecule is CCNC(=NCCCOCC)NC1CC1c1ccccc1.I. The zero-order valence-electron chi connectivity index (χ0n) is 13.5. The Kier molecular flexibility index (Phi) is 9.47. The zero-order chi connectivity index (χ0) is 14.9. The minimum atomic E-state index is 0. The molecule has 1 saturated carbocycles. The molecule has 124 valence electrons. The molecule has 0 heterocycles. The van der Waals surface area contributed by atoms with Crippen molar-refractivity contribution in [1.82, 2.24) is 10.6 Å². The highest BCUT2D eigenvalue weighted by molar-refractivity contribution is 14.0. The van der Waals surface area contributed by atoms with E-state index in [1.54, 1.807) is 0 Å². The molecule has 2 rings (SSSR count). The van der Waals surface area contributed by atoms with E-state index in [0.717, 1.165) is 38.7 Å². The van der Waals surface area contributed by atoms with Gasteiger partial charge in [0.2, 0.25) is 0 Å². The number of nitrogens with zero attached hydrogens (tertiary/aromatic N) is 1. The molecule has 1 aromatic rings. The molecule has 1 aromatic carbocycles. The number of benzene rings is 1. The van der Waals surface area contributed by atoms with E-state index >= 15 is 0 Å². The number of hydrogen-bond donors (Lipinski definition) is 2. The van der Waals surface area contributed by atoms with Gasteiger partial charge in [-0.25, -0.2) is 0 Å². The van der Waals surface area contributed by atoms with E-state index < -0.39 is 0 Å². The van der Waals surface area contributed by atoms with Gasteiger partial charge < -0.3 is 15.4 Å². The number of halogens is 1. The number of rotatable bonds is 8. The van der Waals surface area contributed by atoms with Gasteiger partial charge in [-0.2, -0.15) is 0 Å². The molecule has 1 fully saturated rings. The van der Waals surface area contributed by atoms with E-state index in [9.17, 15) is 0 Å². The molecule has 1 aliphatic carbocycles. The second-order valence-corrected chi connectivity index (χ2v) is 5.31. The average molecular weight is 417 g/mol. The van der Waals surface area contributed by atoms with Gasteiger partial charge in [-0.15, -0.1) is 24.0 Å². The second kappa shape index (κ2) is 10.8. The second-order valence-electron chi connectivity index (χ2n) is 5.31. The van der Waals surface area contributed by atoms with Crippen LogP contribution in [0.2, 0.25) is 0 Å². The Balaban J connectivity index is 0.00000242. The van der Waals surface area contributed by atoms with Crippen molar-refractivity contribution in [2.45, 2.75) is 38.6 Å². The van der Waals surface area contributed by atoms with Gasteiger partial charge in [0.05, 0.1) is 0 Å². The van der Waals surface area contributed by atoms with Crippen LogP contribution in [0.25, 0.3) is 0 Å². The van der Waals surface area contributed by atoms with Crippen molar-refractivity contribution in [3.05, 3.63) is 35.9 Å². The molecule has 0 spiro atoms. The lowest BCUT2D eigenvalue weighted by Gasteiger charge is -2.11. The minimum Gasteiger partial charge on any atom is -0.382 e. The lowest BCUT2D eigenvalue weighted by molar-refractivity contribution is 0.146. The summed E-state index contributed by atoms with van der Waals surface area (Å²) in [6.07, 6.45) is 2.16. The number of nitrogens with one attached hydrogen (secondary N) is 2. The van der Waals surface area contributed by atoms with E-state index in [1.165, 1.54) is 12.0 Å². The molecule has 4 nitrogen and oxygen atoms in total. The van der Waals surface area contributed by atoms with Crippen LogP contribution < -0.4 is 10.6 Å². The number of ether oxygens (including phenoxy) is 1. The van der Waals surface area contributed by atoms with Crippen LogP contribution in [0.5, 0.6) is 0 Å². The first kappa shape index (κ1) is 19.2. The van der Waals surface area contributed by atoms with Gasteiger partial charge in [0.15, 0.2) is 5.96 Å². The normalized spacial score (nSPS) is 20.2. The molecule has 0 bridgehead atoms. The minimum absolute atomic E-state index is 0. The van der Waals surface area contributed by atoms with Gasteiger partial charge >= 0.3 is 0 Å². The Hall–Kier alpha value is -0.820. The third kappa shape index (κ3) is 6.52. The van der Waals surface area contributed by atoms with Crippen molar-refractivity contribution in [3.63, 3.8) is 0 Å². The van der Waals surface area contributed by atoms with Crippen LogP contribution in [0, 0.1) is 0 Å². The van der Waals surface area contributed by atoms with Crippen molar-refractivity contribution < 1.29 is 4.74 Å². The Bertz CT molecular complexity index is 439. The van der Waals surface area contributed by atoms with Gasteiger partial charge in [0.1, 0.15) is 0 Å². The summed E-state index contributed by atoms with van der Waals surface area (Å²) in [7, 11) is 0. The summed E-state index contributed by atoms with van der Waals surface area (Å²) in [6, 6.07) is 11.2. The number of aliphatic imine (C=N–C) groups is 1. The van der Waals surface area contributed by atoms with Crippen molar-refractivity contribution in [2.24, 2.45) is 4.99 Å². The molecule has 22 heavy (non-hydrogen) atoms. The summed E-state index contributed by atoms with van der Waals surface area (Å²) in [4.78, 5) is 4.61. The standard InChI is InChI=1S/C17H27N3O.HI/c1-3-18-17(19-11-8-12-21-4-2)20-16-13-15(16)14-9-6-5-7-10-14;/h5-7,9-10,15-16H,3-4,8,11-13H2,1-2H3,(H2,18,19,20);1H. The predicted octanol–water partition coefficient (Wildman–Crippen LogP) is 3.14. The Morgan fingerprint density at radius 1 is 1.27 bits per heavy atom. The predicted molar refractivity (Wildman–Crippen MR) is 103 cm³/mol. The molecule has 1 aliphatic rings. The summed E-state index contributed by atoms with van der Waals surface area (Å²) in [6.45, 7) is 7.38. The van der Waals surface area contributed by atoms with Crippen LogP contribution in [0.15, 0.2) is 35.3 Å². The zero-order valence-corrected chi connectivity index (χ0v) is 15.9. The molecule has 2 unspecified atom stereocenters. The van der Waals surface area contributed by atoms with Gasteiger partial charge in [-0.1, -0.05) is 30.3 Å². The van der Waals surface area contributed by atoms with E-state index in [-0.39, 0.29) is 24.0 Å². The molecule has 0 amide bonds. The van der Waals surface area contributed by atoms with Crippen LogP contribution in [0.1, 0.15) is 38.2 Å². The van der Waals surface area contributed by atoms with Crippen LogP contribution in [-0.4, -0.2) is 38.3 Å². The highest BCUT2D eigenvalue weighted by Gasteiger charge is 2.38. The fraction of sp³-hybridized carbons (Fsp3) is 0.588. The van der Waals surface area contributed by atoms with Gasteiger partial charge in [0.25, 0.3) is 0 Å². The van der Waals surface area contributed by atoms with E-state index in [0.29, 0.717) is 12.0 Å². The number of hydrogen-bond acceptors (Lipinski definition) is 2. The van der Waals surface area contributed by atoms with Crippen molar-refractivity contribution in [3.8, 4) is 0 Å². The van der Waals surface area contributed by atoms with Crippen LogP contribution in [0.4, 0.5) is 0 Å². The average Bonchev–Trinajstić information content (AvgIpc) is 3.27. The maximum Gasteiger partial charge on any atom is 0.191 e. The molecule has 0 aromatic heterocycles. The van der Waals surface area contributed by atoms with Crippen LogP contribution >= 0.6 is 24.0 Å². The molecular weight excluding hydrogens is 389 g/mol. The topological polar surface area (TPSA) is 45.7 Å². The quantitative estimate of drug-likeness (QED) is 0.296. The molecule has 0 saturated heterocycles. The summed E-state index contributed by atoms with van der Waals surface area (Å²) in [5, 5.41) is 6.84. The monoisotopic (exact) mass is 417 g/mol. The Morgan fingerprint density at radius 2 is 2.05 bits per heavy atom. The van der Waals surface area contributed by atoms with Gasteiger partial charge in [-0.05, 0) is 32.3 Å². The highest BCUT2D eigenvalue weighted by atomic mass is 127. The first-order valence-corrected chi connectivity index (χ1v) is 8.02. The highest BCUT2D eigenvalue weighted by Crippen LogP contribution is 2.40. The summed E-state index contributed by atoms with van der Waals surface area (Å²) in [5.41, 5.74) is 1.42. The smallest absolute Gasteiger partial charge is 0.191 e. The number of guanidine groups is 1. The third-order valence-corrected chi connectivity index (χ3v) is 3.61. The third-order valence-electron chi connectivity index (χ3n) is 3.61. The fourth-order valence-corrected chi connectivity index (χ4v) is 2.42. The van der Waals surface area contributed by atoms with Crippen molar-refractivity contribution in [1.29, 1.82) is 0 Å². The first-order valence-electron chi connectivity index (χ1n) is 8.02. The summed E-state index contributed by atoms with van der Waals surface area (Å²) < 4.78 is 5.33. The molecular formula is C17H28IN3O. The van der Waals surface area contributed by atoms with E-state index in [4.69, 9.17) is 4.74 Å². The summed E-state index contributed by atoms with van der Waals surface area (Å²) >= 11 is 0. The van der Waals surface area contributed by atoms with Gasteiger partial charge in [-0.3, -0.25) is 4.99 Å². The molecule has 5 heteroatoms. The lowest BCUT2D eigenvalue weighted by Crippen LogP contribution is -2.39. The molecule has 0 radical (unpaired) electrons. The maximum atomic E-state index is 5.33. The van der Waals surface area contributed by atoms with Crippen molar-refractivity contribution in [2.75, 3.05) is 26.3 Å².